The zero-order valence-corrected chi connectivity index (χ0v) is 10.4. The van der Waals surface area contributed by atoms with E-state index in [4.69, 9.17) is 0 Å². The molecule has 2 aromatic rings. The van der Waals surface area contributed by atoms with Crippen LogP contribution in [-0.4, -0.2) is 6.54 Å². The summed E-state index contributed by atoms with van der Waals surface area (Å²) in [6, 6.07) is 6.56. The van der Waals surface area contributed by atoms with Crippen LogP contribution in [0.5, 0.6) is 0 Å². The molecule has 0 saturated carbocycles. The molecule has 15 heavy (non-hydrogen) atoms. The van der Waals surface area contributed by atoms with Crippen LogP contribution in [0.2, 0.25) is 0 Å². The molecule has 0 saturated heterocycles. The third-order valence-corrected chi connectivity index (χ3v) is 4.24. The van der Waals surface area contributed by atoms with Crippen LogP contribution in [0.1, 0.15) is 22.9 Å². The first-order valence-electron chi connectivity index (χ1n) is 5.42. The Labute approximate surface area is 95.1 Å². The van der Waals surface area contributed by atoms with Gasteiger partial charge >= 0.3 is 0 Å². The van der Waals surface area contributed by atoms with Gasteiger partial charge in [-0.25, -0.2) is 0 Å². The second kappa shape index (κ2) is 4.33. The van der Waals surface area contributed by atoms with Gasteiger partial charge in [-0.15, -0.1) is 11.3 Å². The summed E-state index contributed by atoms with van der Waals surface area (Å²) in [5.41, 5.74) is 2.84. The number of benzene rings is 1. The predicted molar refractivity (Wildman–Crippen MR) is 68.7 cm³/mol. The van der Waals surface area contributed by atoms with Crippen molar-refractivity contribution in [3.63, 3.8) is 0 Å². The predicted octanol–water partition coefficient (Wildman–Crippen LogP) is 3.63. The fourth-order valence-electron chi connectivity index (χ4n) is 1.84. The third-order valence-electron chi connectivity index (χ3n) is 2.79. The maximum atomic E-state index is 3.40. The van der Waals surface area contributed by atoms with Crippen LogP contribution in [0.3, 0.4) is 0 Å². The molecule has 1 N–H and O–H groups in total. The number of fused-ring (bicyclic) bond motifs is 1. The molecular formula is C13H17NS. The van der Waals surface area contributed by atoms with Crippen molar-refractivity contribution >= 4 is 21.4 Å². The van der Waals surface area contributed by atoms with Gasteiger partial charge in [-0.05, 0) is 36.9 Å². The Morgan fingerprint density at radius 1 is 1.27 bits per heavy atom. The van der Waals surface area contributed by atoms with Gasteiger partial charge in [0, 0.05) is 16.1 Å². The highest BCUT2D eigenvalue weighted by Crippen LogP contribution is 2.32. The minimum absolute atomic E-state index is 1.00. The molecule has 0 radical (unpaired) electrons. The second-order valence-electron chi connectivity index (χ2n) is 3.88. The number of thiophene rings is 1. The summed E-state index contributed by atoms with van der Waals surface area (Å²) in [5, 5.41) is 4.82. The Bertz CT molecular complexity index is 471. The Morgan fingerprint density at radius 2 is 2.07 bits per heavy atom. The molecule has 0 bridgehead atoms. The van der Waals surface area contributed by atoms with Crippen molar-refractivity contribution in [3.05, 3.63) is 34.2 Å². The van der Waals surface area contributed by atoms with Crippen molar-refractivity contribution in [3.8, 4) is 0 Å². The molecule has 0 unspecified atom stereocenters. The summed E-state index contributed by atoms with van der Waals surface area (Å²) in [6.07, 6.45) is 0. The lowest BCUT2D eigenvalue weighted by molar-refractivity contribution is 0.733. The van der Waals surface area contributed by atoms with Crippen molar-refractivity contribution in [2.24, 2.45) is 0 Å². The van der Waals surface area contributed by atoms with Crippen LogP contribution in [0.15, 0.2) is 18.2 Å². The largest absolute Gasteiger partial charge is 0.312 e. The second-order valence-corrected chi connectivity index (χ2v) is 4.99. The molecule has 0 aliphatic heterocycles. The van der Waals surface area contributed by atoms with E-state index in [2.05, 4.69) is 44.3 Å². The van der Waals surface area contributed by atoms with Crippen LogP contribution in [-0.2, 0) is 6.54 Å². The third kappa shape index (κ3) is 1.92. The fraction of sp³-hybridized carbons (Fsp3) is 0.385. The Balaban J connectivity index is 2.49. The molecule has 0 aliphatic carbocycles. The molecule has 1 nitrogen and oxygen atoms in total. The van der Waals surface area contributed by atoms with Gasteiger partial charge in [0.25, 0.3) is 0 Å². The summed E-state index contributed by atoms with van der Waals surface area (Å²) < 4.78 is 1.45. The molecule has 2 heteroatoms. The SMILES string of the molecule is CCNCc1sc2c(C)cccc2c1C. The first-order chi connectivity index (χ1) is 7.24. The van der Waals surface area contributed by atoms with Crippen molar-refractivity contribution in [1.29, 1.82) is 0 Å². The average molecular weight is 219 g/mol. The van der Waals surface area contributed by atoms with E-state index >= 15 is 0 Å². The van der Waals surface area contributed by atoms with Gasteiger partial charge in [-0.2, -0.15) is 0 Å². The average Bonchev–Trinajstić information content (AvgIpc) is 2.55. The number of nitrogens with one attached hydrogen (secondary N) is 1. The van der Waals surface area contributed by atoms with E-state index in [0.29, 0.717) is 0 Å². The Hall–Kier alpha value is -0.860. The van der Waals surface area contributed by atoms with Crippen molar-refractivity contribution in [1.82, 2.24) is 5.32 Å². The van der Waals surface area contributed by atoms with Gasteiger partial charge in [0.1, 0.15) is 0 Å². The molecule has 0 atom stereocenters. The van der Waals surface area contributed by atoms with Crippen LogP contribution in [0, 0.1) is 13.8 Å². The Kier molecular flexibility index (Phi) is 3.08. The topological polar surface area (TPSA) is 12.0 Å². The minimum Gasteiger partial charge on any atom is -0.312 e. The molecule has 0 fully saturated rings. The van der Waals surface area contributed by atoms with E-state index in [0.717, 1.165) is 13.1 Å². The number of hydrogen-bond acceptors (Lipinski definition) is 2. The molecule has 1 heterocycles. The maximum Gasteiger partial charge on any atom is 0.0378 e. The van der Waals surface area contributed by atoms with Gasteiger partial charge in [-0.1, -0.05) is 25.1 Å². The van der Waals surface area contributed by atoms with Gasteiger partial charge in [-0.3, -0.25) is 0 Å². The highest BCUT2D eigenvalue weighted by Gasteiger charge is 2.08. The highest BCUT2D eigenvalue weighted by molar-refractivity contribution is 7.19. The normalized spacial score (nSPS) is 11.1. The molecule has 0 spiro atoms. The lowest BCUT2D eigenvalue weighted by Gasteiger charge is -1.99. The zero-order valence-electron chi connectivity index (χ0n) is 9.55. The van der Waals surface area contributed by atoms with Gasteiger partial charge in [0.15, 0.2) is 0 Å². The first-order valence-corrected chi connectivity index (χ1v) is 6.24. The lowest BCUT2D eigenvalue weighted by atomic mass is 10.1. The number of hydrogen-bond donors (Lipinski definition) is 1. The van der Waals surface area contributed by atoms with E-state index < -0.39 is 0 Å². The van der Waals surface area contributed by atoms with Crippen LogP contribution < -0.4 is 5.32 Å². The summed E-state index contributed by atoms with van der Waals surface area (Å²) in [6.45, 7) is 8.60. The molecule has 0 amide bonds. The van der Waals surface area contributed by atoms with Gasteiger partial charge in [0.2, 0.25) is 0 Å². The van der Waals surface area contributed by atoms with E-state index in [1.165, 1.54) is 26.1 Å². The molecule has 80 valence electrons. The van der Waals surface area contributed by atoms with E-state index in [1.807, 2.05) is 11.3 Å². The molecule has 1 aromatic carbocycles. The van der Waals surface area contributed by atoms with Crippen molar-refractivity contribution in [2.45, 2.75) is 27.3 Å². The molecular weight excluding hydrogens is 202 g/mol. The summed E-state index contributed by atoms with van der Waals surface area (Å²) in [5.74, 6) is 0. The molecule has 2 rings (SSSR count). The highest BCUT2D eigenvalue weighted by atomic mass is 32.1. The van der Waals surface area contributed by atoms with Gasteiger partial charge < -0.3 is 5.32 Å². The molecule has 1 aromatic heterocycles. The zero-order chi connectivity index (χ0) is 10.8. The summed E-state index contributed by atoms with van der Waals surface area (Å²) in [7, 11) is 0. The lowest BCUT2D eigenvalue weighted by Crippen LogP contribution is -2.11. The van der Waals surface area contributed by atoms with Gasteiger partial charge in [0.05, 0.1) is 0 Å². The first kappa shape index (κ1) is 10.7. The standard InChI is InChI=1S/C13H17NS/c1-4-14-8-12-10(3)11-7-5-6-9(2)13(11)15-12/h5-7,14H,4,8H2,1-3H3. The quantitative estimate of drug-likeness (QED) is 0.831. The Morgan fingerprint density at radius 3 is 2.73 bits per heavy atom. The van der Waals surface area contributed by atoms with E-state index in [9.17, 15) is 0 Å². The van der Waals surface area contributed by atoms with Crippen molar-refractivity contribution in [2.75, 3.05) is 6.54 Å². The van der Waals surface area contributed by atoms with Crippen molar-refractivity contribution < 1.29 is 0 Å². The number of aryl methyl sites for hydroxylation is 2. The monoisotopic (exact) mass is 219 g/mol. The number of rotatable bonds is 3. The summed E-state index contributed by atoms with van der Waals surface area (Å²) in [4.78, 5) is 1.47. The smallest absolute Gasteiger partial charge is 0.0378 e. The van der Waals surface area contributed by atoms with E-state index in [1.54, 1.807) is 0 Å². The van der Waals surface area contributed by atoms with Crippen LogP contribution in [0.25, 0.3) is 10.1 Å². The van der Waals surface area contributed by atoms with Crippen LogP contribution in [0.4, 0.5) is 0 Å². The fourth-order valence-corrected chi connectivity index (χ4v) is 3.08. The van der Waals surface area contributed by atoms with Crippen LogP contribution >= 0.6 is 11.3 Å². The summed E-state index contributed by atoms with van der Waals surface area (Å²) >= 11 is 1.93. The minimum atomic E-state index is 1.00. The molecule has 0 aliphatic rings. The maximum absolute atomic E-state index is 3.40. The van der Waals surface area contributed by atoms with E-state index in [-0.39, 0.29) is 0 Å².